The van der Waals surface area contributed by atoms with Gasteiger partial charge >= 0.3 is 5.97 Å². The molecule has 0 saturated carbocycles. The van der Waals surface area contributed by atoms with E-state index >= 15 is 0 Å². The van der Waals surface area contributed by atoms with Crippen LogP contribution in [-0.2, 0) is 0 Å². The van der Waals surface area contributed by atoms with E-state index in [0.29, 0.717) is 10.8 Å². The van der Waals surface area contributed by atoms with E-state index in [9.17, 15) is 9.90 Å². The second-order valence-corrected chi connectivity index (χ2v) is 5.37. The van der Waals surface area contributed by atoms with Gasteiger partial charge in [-0.2, -0.15) is 10.1 Å². The van der Waals surface area contributed by atoms with Crippen molar-refractivity contribution in [3.05, 3.63) is 33.2 Å². The number of imidazole rings is 1. The molecule has 8 heteroatoms. The molecule has 3 rings (SSSR count). The van der Waals surface area contributed by atoms with Gasteiger partial charge in [0.15, 0.2) is 16.5 Å². The zero-order valence-corrected chi connectivity index (χ0v) is 11.2. The van der Waals surface area contributed by atoms with Gasteiger partial charge in [-0.25, -0.2) is 9.48 Å². The number of hydrogen-bond acceptors (Lipinski definition) is 4. The third-order valence-corrected chi connectivity index (χ3v) is 3.53. The molecule has 0 aromatic carbocycles. The zero-order valence-electron chi connectivity index (χ0n) is 8.24. The molecule has 0 unspecified atom stereocenters. The average molecular weight is 360 g/mol. The standard InChI is InChI=1S/C9H5IN4O2S/c10-5-3-11-14(4-5)7-6(8(15)16)13-1-2-17-9(13)12-7/h1-4H,(H,15,16). The number of fused-ring (bicyclic) bond motifs is 1. The lowest BCUT2D eigenvalue weighted by molar-refractivity contribution is 0.0689. The molecule has 3 aromatic rings. The van der Waals surface area contributed by atoms with Crippen molar-refractivity contribution in [2.45, 2.75) is 0 Å². The number of aromatic carboxylic acids is 1. The summed E-state index contributed by atoms with van der Waals surface area (Å²) in [6, 6.07) is 0. The number of hydrogen-bond donors (Lipinski definition) is 1. The van der Waals surface area contributed by atoms with Crippen molar-refractivity contribution in [3.8, 4) is 5.82 Å². The first-order chi connectivity index (χ1) is 8.16. The van der Waals surface area contributed by atoms with Crippen molar-refractivity contribution >= 4 is 44.9 Å². The van der Waals surface area contributed by atoms with Crippen LogP contribution in [0.25, 0.3) is 10.8 Å². The Hall–Kier alpha value is -1.42. The fourth-order valence-electron chi connectivity index (χ4n) is 1.55. The summed E-state index contributed by atoms with van der Waals surface area (Å²) < 4.78 is 3.96. The summed E-state index contributed by atoms with van der Waals surface area (Å²) >= 11 is 3.50. The minimum Gasteiger partial charge on any atom is -0.476 e. The molecular formula is C9H5IN4O2S. The van der Waals surface area contributed by atoms with Gasteiger partial charge in [0.1, 0.15) is 0 Å². The number of aromatic nitrogens is 4. The molecule has 0 spiro atoms. The predicted octanol–water partition coefficient (Wildman–Crippen LogP) is 1.88. The Kier molecular flexibility index (Phi) is 2.40. The normalized spacial score (nSPS) is 11.1. The Morgan fingerprint density at radius 2 is 2.35 bits per heavy atom. The smallest absolute Gasteiger partial charge is 0.356 e. The van der Waals surface area contributed by atoms with Gasteiger partial charge in [-0.1, -0.05) is 0 Å². The maximum Gasteiger partial charge on any atom is 0.356 e. The Balaban J connectivity index is 2.31. The van der Waals surface area contributed by atoms with E-state index in [1.165, 1.54) is 16.0 Å². The first-order valence-electron chi connectivity index (χ1n) is 4.56. The van der Waals surface area contributed by atoms with Crippen LogP contribution in [0.2, 0.25) is 0 Å². The molecule has 6 nitrogen and oxygen atoms in total. The summed E-state index contributed by atoms with van der Waals surface area (Å²) in [5.41, 5.74) is 0.126. The lowest BCUT2D eigenvalue weighted by Gasteiger charge is -1.98. The zero-order chi connectivity index (χ0) is 12.0. The number of carbonyl (C=O) groups is 1. The van der Waals surface area contributed by atoms with Crippen LogP contribution < -0.4 is 0 Å². The van der Waals surface area contributed by atoms with E-state index in [4.69, 9.17) is 0 Å². The van der Waals surface area contributed by atoms with Crippen molar-refractivity contribution in [3.63, 3.8) is 0 Å². The van der Waals surface area contributed by atoms with Crippen LogP contribution in [0.15, 0.2) is 24.0 Å². The van der Waals surface area contributed by atoms with E-state index in [1.807, 2.05) is 0 Å². The van der Waals surface area contributed by atoms with Crippen LogP contribution in [0.1, 0.15) is 10.5 Å². The lowest BCUT2D eigenvalue weighted by atomic mass is 10.4. The molecule has 0 aliphatic heterocycles. The summed E-state index contributed by atoms with van der Waals surface area (Å²) in [5, 5.41) is 15.1. The largest absolute Gasteiger partial charge is 0.476 e. The van der Waals surface area contributed by atoms with Crippen molar-refractivity contribution in [2.24, 2.45) is 0 Å². The maximum absolute atomic E-state index is 11.3. The highest BCUT2D eigenvalue weighted by atomic mass is 127. The molecular weight excluding hydrogens is 355 g/mol. The van der Waals surface area contributed by atoms with Gasteiger partial charge in [0.2, 0.25) is 0 Å². The minimum absolute atomic E-state index is 0.126. The second-order valence-electron chi connectivity index (χ2n) is 3.25. The van der Waals surface area contributed by atoms with Gasteiger partial charge in [-0.05, 0) is 22.6 Å². The predicted molar refractivity (Wildman–Crippen MR) is 69.9 cm³/mol. The van der Waals surface area contributed by atoms with Crippen LogP contribution >= 0.6 is 33.9 Å². The molecule has 0 bridgehead atoms. The quantitative estimate of drug-likeness (QED) is 0.709. The van der Waals surface area contributed by atoms with Gasteiger partial charge in [0.05, 0.1) is 9.77 Å². The van der Waals surface area contributed by atoms with Crippen LogP contribution in [0.5, 0.6) is 0 Å². The first-order valence-corrected chi connectivity index (χ1v) is 6.52. The molecule has 17 heavy (non-hydrogen) atoms. The van der Waals surface area contributed by atoms with Crippen molar-refractivity contribution in [1.82, 2.24) is 19.2 Å². The molecule has 0 aliphatic carbocycles. The van der Waals surface area contributed by atoms with Crippen molar-refractivity contribution in [2.75, 3.05) is 0 Å². The number of halogens is 1. The van der Waals surface area contributed by atoms with E-state index in [1.54, 1.807) is 28.4 Å². The fraction of sp³-hybridized carbons (Fsp3) is 0. The SMILES string of the molecule is O=C(O)c1c(-n2cc(I)cn2)nc2sccn12. The molecule has 1 N–H and O–H groups in total. The highest BCUT2D eigenvalue weighted by Gasteiger charge is 2.21. The maximum atomic E-state index is 11.3. The summed E-state index contributed by atoms with van der Waals surface area (Å²) in [4.78, 5) is 16.2. The Bertz CT molecular complexity index is 714. The summed E-state index contributed by atoms with van der Waals surface area (Å²) in [7, 11) is 0. The van der Waals surface area contributed by atoms with Crippen LogP contribution in [0.3, 0.4) is 0 Å². The van der Waals surface area contributed by atoms with Gasteiger partial charge in [-0.3, -0.25) is 4.40 Å². The number of carboxylic acids is 1. The number of thiazole rings is 1. The average Bonchev–Trinajstić information content (AvgIpc) is 2.88. The van der Waals surface area contributed by atoms with Gasteiger partial charge in [0, 0.05) is 17.8 Å². The van der Waals surface area contributed by atoms with Crippen molar-refractivity contribution in [1.29, 1.82) is 0 Å². The summed E-state index contributed by atoms with van der Waals surface area (Å²) in [5.74, 6) is -0.677. The molecule has 0 saturated heterocycles. The molecule has 0 aliphatic rings. The molecule has 0 fully saturated rings. The lowest BCUT2D eigenvalue weighted by Crippen LogP contribution is -2.07. The van der Waals surface area contributed by atoms with Crippen LogP contribution in [0, 0.1) is 3.57 Å². The van der Waals surface area contributed by atoms with E-state index in [2.05, 4.69) is 32.7 Å². The fourth-order valence-corrected chi connectivity index (χ4v) is 2.65. The van der Waals surface area contributed by atoms with Crippen LogP contribution in [-0.4, -0.2) is 30.2 Å². The first kappa shape index (κ1) is 10.7. The molecule has 0 amide bonds. The van der Waals surface area contributed by atoms with E-state index in [-0.39, 0.29) is 5.69 Å². The van der Waals surface area contributed by atoms with Crippen molar-refractivity contribution < 1.29 is 9.90 Å². The van der Waals surface area contributed by atoms with Gasteiger partial charge in [0.25, 0.3) is 0 Å². The molecule has 0 atom stereocenters. The van der Waals surface area contributed by atoms with E-state index in [0.717, 1.165) is 3.57 Å². The Morgan fingerprint density at radius 1 is 1.53 bits per heavy atom. The number of carboxylic acid groups (broad SMARTS) is 1. The third kappa shape index (κ3) is 1.63. The second kappa shape index (κ2) is 3.81. The molecule has 3 heterocycles. The molecule has 3 aromatic heterocycles. The molecule has 0 radical (unpaired) electrons. The Morgan fingerprint density at radius 3 is 3.00 bits per heavy atom. The summed E-state index contributed by atoms with van der Waals surface area (Å²) in [6.07, 6.45) is 5.08. The number of rotatable bonds is 2. The molecule has 86 valence electrons. The van der Waals surface area contributed by atoms with Gasteiger partial charge in [-0.15, -0.1) is 11.3 Å². The van der Waals surface area contributed by atoms with E-state index < -0.39 is 5.97 Å². The van der Waals surface area contributed by atoms with Gasteiger partial charge < -0.3 is 5.11 Å². The minimum atomic E-state index is -1.02. The monoisotopic (exact) mass is 360 g/mol. The van der Waals surface area contributed by atoms with Crippen LogP contribution in [0.4, 0.5) is 0 Å². The third-order valence-electron chi connectivity index (χ3n) is 2.21. The topological polar surface area (TPSA) is 72.4 Å². The highest BCUT2D eigenvalue weighted by Crippen LogP contribution is 2.20. The number of nitrogens with zero attached hydrogens (tertiary/aromatic N) is 4. The Labute approximate surface area is 113 Å². The summed E-state index contributed by atoms with van der Waals surface area (Å²) in [6.45, 7) is 0. The highest BCUT2D eigenvalue weighted by molar-refractivity contribution is 14.1.